The summed E-state index contributed by atoms with van der Waals surface area (Å²) in [5.74, 6) is 1.72. The molecule has 0 aromatic rings. The Morgan fingerprint density at radius 1 is 1.33 bits per heavy atom. The average Bonchev–Trinajstić information content (AvgIpc) is 2.22. The summed E-state index contributed by atoms with van der Waals surface area (Å²) in [6.07, 6.45) is 0.608. The Kier molecular flexibility index (Phi) is 1.99. The minimum Gasteiger partial charge on any atom is -0.381 e. The number of hydrogen-bond donors (Lipinski definition) is 1. The monoisotopic (exact) mass is 149 g/mol. The van der Waals surface area contributed by atoms with E-state index >= 15 is 0 Å². The fourth-order valence-electron chi connectivity index (χ4n) is 1.71. The van der Waals surface area contributed by atoms with E-state index in [-0.39, 0.29) is 12.4 Å². The summed E-state index contributed by atoms with van der Waals surface area (Å²) in [6.45, 7) is 2.37. The Morgan fingerprint density at radius 2 is 1.89 bits per heavy atom. The Labute approximate surface area is 61.4 Å². The first-order valence-corrected chi connectivity index (χ1v) is 3.17. The predicted octanol–water partition coefficient (Wildman–Crippen LogP) is 0.272. The quantitative estimate of drug-likeness (QED) is 0.578. The number of methoxy groups -OCH3 is 1. The van der Waals surface area contributed by atoms with E-state index in [1.165, 1.54) is 13.1 Å². The molecule has 2 rings (SSSR count). The van der Waals surface area contributed by atoms with Crippen molar-refractivity contribution in [1.82, 2.24) is 5.32 Å². The highest BCUT2D eigenvalue weighted by atomic mass is 35.5. The Bertz CT molecular complexity index is 92.5. The molecule has 0 spiro atoms. The van der Waals surface area contributed by atoms with Crippen LogP contribution in [-0.2, 0) is 4.74 Å². The Morgan fingerprint density at radius 3 is 2.22 bits per heavy atom. The zero-order valence-corrected chi connectivity index (χ0v) is 6.28. The molecule has 1 aliphatic carbocycles. The maximum absolute atomic E-state index is 5.19. The minimum absolute atomic E-state index is 0. The number of ether oxygens (including phenoxy) is 1. The van der Waals surface area contributed by atoms with Gasteiger partial charge in [0.15, 0.2) is 0 Å². The van der Waals surface area contributed by atoms with Crippen LogP contribution in [0, 0.1) is 11.8 Å². The first-order valence-electron chi connectivity index (χ1n) is 3.17. The van der Waals surface area contributed by atoms with Crippen LogP contribution in [0.1, 0.15) is 0 Å². The summed E-state index contributed by atoms with van der Waals surface area (Å²) in [7, 11) is 1.81. The van der Waals surface area contributed by atoms with Crippen LogP contribution in [0.2, 0.25) is 0 Å². The lowest BCUT2D eigenvalue weighted by molar-refractivity contribution is 0.153. The van der Waals surface area contributed by atoms with Crippen LogP contribution in [0.4, 0.5) is 0 Å². The van der Waals surface area contributed by atoms with Crippen molar-refractivity contribution >= 4 is 12.4 Å². The number of piperidine rings is 1. The highest BCUT2D eigenvalue weighted by molar-refractivity contribution is 5.85. The number of halogens is 1. The van der Waals surface area contributed by atoms with Gasteiger partial charge in [-0.15, -0.1) is 12.4 Å². The summed E-state index contributed by atoms with van der Waals surface area (Å²) < 4.78 is 5.19. The van der Waals surface area contributed by atoms with Crippen LogP contribution >= 0.6 is 12.4 Å². The summed E-state index contributed by atoms with van der Waals surface area (Å²) in [5.41, 5.74) is 0. The number of fused-ring (bicyclic) bond motifs is 1. The third kappa shape index (κ3) is 0.955. The van der Waals surface area contributed by atoms with Crippen molar-refractivity contribution in [3.63, 3.8) is 0 Å². The van der Waals surface area contributed by atoms with Gasteiger partial charge in [0.05, 0.1) is 6.10 Å². The van der Waals surface area contributed by atoms with Crippen LogP contribution in [0.3, 0.4) is 0 Å². The molecule has 1 saturated heterocycles. The second-order valence-corrected chi connectivity index (χ2v) is 2.69. The minimum atomic E-state index is 0. The molecule has 3 atom stereocenters. The number of nitrogens with one attached hydrogen (secondary N) is 1. The number of hydrogen-bond acceptors (Lipinski definition) is 2. The van der Waals surface area contributed by atoms with Gasteiger partial charge in [-0.2, -0.15) is 0 Å². The SMILES string of the molecule is COC1[C@H]2CNC[C@@H]12.Cl. The van der Waals surface area contributed by atoms with Crippen LogP contribution in [0.5, 0.6) is 0 Å². The van der Waals surface area contributed by atoms with E-state index in [1.54, 1.807) is 0 Å². The van der Waals surface area contributed by atoms with Crippen molar-refractivity contribution in [1.29, 1.82) is 0 Å². The third-order valence-electron chi connectivity index (χ3n) is 2.29. The lowest BCUT2D eigenvalue weighted by Crippen LogP contribution is -2.17. The molecule has 3 heteroatoms. The van der Waals surface area contributed by atoms with Crippen molar-refractivity contribution < 1.29 is 4.74 Å². The second kappa shape index (κ2) is 2.45. The molecule has 0 amide bonds. The van der Waals surface area contributed by atoms with Gasteiger partial charge in [0, 0.05) is 32.0 Å². The van der Waals surface area contributed by atoms with E-state index in [4.69, 9.17) is 4.74 Å². The fourth-order valence-corrected chi connectivity index (χ4v) is 1.71. The number of rotatable bonds is 1. The molecule has 1 heterocycles. The van der Waals surface area contributed by atoms with Crippen molar-refractivity contribution in [2.24, 2.45) is 11.8 Å². The normalized spacial score (nSPS) is 45.7. The van der Waals surface area contributed by atoms with Crippen LogP contribution in [0.15, 0.2) is 0 Å². The topological polar surface area (TPSA) is 21.3 Å². The van der Waals surface area contributed by atoms with E-state index in [2.05, 4.69) is 5.32 Å². The smallest absolute Gasteiger partial charge is 0.0660 e. The van der Waals surface area contributed by atoms with Crippen LogP contribution in [-0.4, -0.2) is 26.3 Å². The Hall–Kier alpha value is 0.210. The molecule has 0 aromatic carbocycles. The molecule has 2 nitrogen and oxygen atoms in total. The third-order valence-corrected chi connectivity index (χ3v) is 2.29. The van der Waals surface area contributed by atoms with Gasteiger partial charge >= 0.3 is 0 Å². The first kappa shape index (κ1) is 7.32. The molecule has 1 aliphatic heterocycles. The highest BCUT2D eigenvalue weighted by Crippen LogP contribution is 2.43. The van der Waals surface area contributed by atoms with E-state index < -0.39 is 0 Å². The standard InChI is InChI=1S/C6H11NO.ClH/c1-8-6-4-2-7-3-5(4)6;/h4-7H,2-3H2,1H3;1H/t4-,5+,6?;. The van der Waals surface area contributed by atoms with Crippen LogP contribution < -0.4 is 5.32 Å². The predicted molar refractivity (Wildman–Crippen MR) is 37.9 cm³/mol. The molecular formula is C6H12ClNO. The lowest BCUT2D eigenvalue weighted by Gasteiger charge is -1.99. The average molecular weight is 150 g/mol. The first-order chi connectivity index (χ1) is 3.93. The van der Waals surface area contributed by atoms with Gasteiger partial charge in [-0.05, 0) is 0 Å². The molecule has 2 aliphatic rings. The van der Waals surface area contributed by atoms with Gasteiger partial charge in [0.2, 0.25) is 0 Å². The lowest BCUT2D eigenvalue weighted by atomic mass is 10.4. The molecule has 1 N–H and O–H groups in total. The highest BCUT2D eigenvalue weighted by Gasteiger charge is 2.53. The molecule has 1 unspecified atom stereocenters. The molecule has 2 fully saturated rings. The van der Waals surface area contributed by atoms with Gasteiger partial charge in [-0.1, -0.05) is 0 Å². The van der Waals surface area contributed by atoms with Crippen molar-refractivity contribution in [3.8, 4) is 0 Å². The molecule has 54 valence electrons. The Balaban J connectivity index is 0.000000405. The van der Waals surface area contributed by atoms with Gasteiger partial charge in [-0.3, -0.25) is 0 Å². The van der Waals surface area contributed by atoms with E-state index in [0.717, 1.165) is 11.8 Å². The molecule has 1 saturated carbocycles. The van der Waals surface area contributed by atoms with Gasteiger partial charge in [-0.25, -0.2) is 0 Å². The van der Waals surface area contributed by atoms with Gasteiger partial charge < -0.3 is 10.1 Å². The fraction of sp³-hybridized carbons (Fsp3) is 1.00. The molecule has 9 heavy (non-hydrogen) atoms. The van der Waals surface area contributed by atoms with E-state index in [0.29, 0.717) is 6.10 Å². The second-order valence-electron chi connectivity index (χ2n) is 2.69. The molecular weight excluding hydrogens is 138 g/mol. The summed E-state index contributed by atoms with van der Waals surface area (Å²) in [5, 5.41) is 3.31. The summed E-state index contributed by atoms with van der Waals surface area (Å²) in [4.78, 5) is 0. The van der Waals surface area contributed by atoms with Gasteiger partial charge in [0.1, 0.15) is 0 Å². The molecule has 0 aromatic heterocycles. The van der Waals surface area contributed by atoms with Crippen molar-refractivity contribution in [3.05, 3.63) is 0 Å². The van der Waals surface area contributed by atoms with Crippen molar-refractivity contribution in [2.45, 2.75) is 6.10 Å². The maximum Gasteiger partial charge on any atom is 0.0660 e. The zero-order chi connectivity index (χ0) is 5.56. The molecule has 0 radical (unpaired) electrons. The van der Waals surface area contributed by atoms with E-state index in [9.17, 15) is 0 Å². The van der Waals surface area contributed by atoms with Crippen molar-refractivity contribution in [2.75, 3.05) is 20.2 Å². The summed E-state index contributed by atoms with van der Waals surface area (Å²) in [6, 6.07) is 0. The van der Waals surface area contributed by atoms with Crippen LogP contribution in [0.25, 0.3) is 0 Å². The van der Waals surface area contributed by atoms with E-state index in [1.807, 2.05) is 7.11 Å². The largest absolute Gasteiger partial charge is 0.381 e. The zero-order valence-electron chi connectivity index (χ0n) is 5.46. The summed E-state index contributed by atoms with van der Waals surface area (Å²) >= 11 is 0. The van der Waals surface area contributed by atoms with Gasteiger partial charge in [0.25, 0.3) is 0 Å². The maximum atomic E-state index is 5.19. The molecule has 0 bridgehead atoms.